The zero-order valence-electron chi connectivity index (χ0n) is 8.97. The predicted octanol–water partition coefficient (Wildman–Crippen LogP) is 1.82. The summed E-state index contributed by atoms with van der Waals surface area (Å²) in [6.45, 7) is 0. The maximum atomic E-state index is 6.11. The van der Waals surface area contributed by atoms with Crippen LogP contribution in [0.25, 0.3) is 0 Å². The molecular formula is C11H13BrN4. The van der Waals surface area contributed by atoms with Crippen LogP contribution in [0.4, 0.5) is 0 Å². The number of hydrogen-bond acceptors (Lipinski definition) is 3. The fraction of sp³-hybridized carbons (Fsp3) is 0.273. The largest absolute Gasteiger partial charge is 0.338 e. The maximum absolute atomic E-state index is 6.11. The Morgan fingerprint density at radius 2 is 2.25 bits per heavy atom. The van der Waals surface area contributed by atoms with Crippen molar-refractivity contribution in [3.63, 3.8) is 0 Å². The van der Waals surface area contributed by atoms with Gasteiger partial charge in [0.2, 0.25) is 0 Å². The van der Waals surface area contributed by atoms with Gasteiger partial charge in [-0.3, -0.25) is 4.98 Å². The lowest BCUT2D eigenvalue weighted by molar-refractivity contribution is 0.641. The highest BCUT2D eigenvalue weighted by Gasteiger charge is 2.13. The van der Waals surface area contributed by atoms with Crippen LogP contribution in [0.1, 0.15) is 17.6 Å². The van der Waals surface area contributed by atoms with E-state index in [1.165, 1.54) is 0 Å². The van der Waals surface area contributed by atoms with Gasteiger partial charge in [0.1, 0.15) is 5.82 Å². The van der Waals surface area contributed by atoms with Crippen molar-refractivity contribution < 1.29 is 0 Å². The summed E-state index contributed by atoms with van der Waals surface area (Å²) in [7, 11) is 1.96. The third kappa shape index (κ3) is 2.31. The Bertz CT molecular complexity index is 480. The quantitative estimate of drug-likeness (QED) is 0.933. The minimum absolute atomic E-state index is 0.142. The van der Waals surface area contributed by atoms with Crippen LogP contribution in [-0.4, -0.2) is 14.5 Å². The van der Waals surface area contributed by atoms with E-state index in [4.69, 9.17) is 5.73 Å². The van der Waals surface area contributed by atoms with Crippen molar-refractivity contribution in [2.45, 2.75) is 12.5 Å². The predicted molar refractivity (Wildman–Crippen MR) is 65.8 cm³/mol. The number of nitrogens with zero attached hydrogens (tertiary/aromatic N) is 3. The Balaban J connectivity index is 2.18. The van der Waals surface area contributed by atoms with Gasteiger partial charge in [0.15, 0.2) is 0 Å². The summed E-state index contributed by atoms with van der Waals surface area (Å²) >= 11 is 3.45. The molecule has 1 unspecified atom stereocenters. The zero-order valence-corrected chi connectivity index (χ0v) is 10.6. The zero-order chi connectivity index (χ0) is 11.5. The first-order chi connectivity index (χ1) is 7.68. The van der Waals surface area contributed by atoms with Crippen molar-refractivity contribution >= 4 is 15.9 Å². The van der Waals surface area contributed by atoms with Crippen molar-refractivity contribution in [2.75, 3.05) is 0 Å². The summed E-state index contributed by atoms with van der Waals surface area (Å²) < 4.78 is 2.91. The van der Waals surface area contributed by atoms with Gasteiger partial charge < -0.3 is 10.3 Å². The van der Waals surface area contributed by atoms with Crippen LogP contribution >= 0.6 is 15.9 Å². The normalized spacial score (nSPS) is 12.7. The summed E-state index contributed by atoms with van der Waals surface area (Å²) in [5.74, 6) is 0.963. The number of nitrogens with two attached hydrogens (primary N) is 1. The minimum Gasteiger partial charge on any atom is -0.338 e. The van der Waals surface area contributed by atoms with Crippen LogP contribution in [0, 0.1) is 0 Å². The van der Waals surface area contributed by atoms with E-state index in [1.807, 2.05) is 29.9 Å². The van der Waals surface area contributed by atoms with E-state index in [0.717, 1.165) is 16.0 Å². The molecule has 4 nitrogen and oxygen atoms in total. The molecule has 2 aromatic rings. The van der Waals surface area contributed by atoms with Gasteiger partial charge in [-0.15, -0.1) is 0 Å². The van der Waals surface area contributed by atoms with Crippen molar-refractivity contribution in [2.24, 2.45) is 12.8 Å². The van der Waals surface area contributed by atoms with Gasteiger partial charge in [-0.1, -0.05) is 0 Å². The molecule has 2 aromatic heterocycles. The van der Waals surface area contributed by atoms with E-state index in [-0.39, 0.29) is 6.04 Å². The molecule has 0 aliphatic rings. The molecule has 1 atom stereocenters. The van der Waals surface area contributed by atoms with Crippen LogP contribution in [0.2, 0.25) is 0 Å². The van der Waals surface area contributed by atoms with Crippen molar-refractivity contribution in [1.82, 2.24) is 14.5 Å². The molecular weight excluding hydrogens is 268 g/mol. The molecule has 0 aliphatic heterocycles. The molecule has 0 bridgehead atoms. The van der Waals surface area contributed by atoms with Crippen LogP contribution in [-0.2, 0) is 13.5 Å². The number of halogens is 1. The number of pyridine rings is 1. The van der Waals surface area contributed by atoms with Crippen molar-refractivity contribution in [3.05, 3.63) is 46.7 Å². The first kappa shape index (κ1) is 11.3. The molecule has 0 amide bonds. The van der Waals surface area contributed by atoms with Crippen molar-refractivity contribution in [3.8, 4) is 0 Å². The Labute approximate surface area is 103 Å². The Morgan fingerprint density at radius 1 is 1.44 bits per heavy atom. The fourth-order valence-electron chi connectivity index (χ4n) is 1.56. The molecule has 0 radical (unpaired) electrons. The molecule has 2 heterocycles. The van der Waals surface area contributed by atoms with Gasteiger partial charge in [-0.05, 0) is 28.1 Å². The molecule has 0 saturated carbocycles. The van der Waals surface area contributed by atoms with Crippen LogP contribution in [0.3, 0.4) is 0 Å². The average molecular weight is 281 g/mol. The molecule has 16 heavy (non-hydrogen) atoms. The van der Waals surface area contributed by atoms with Gasteiger partial charge in [-0.2, -0.15) is 0 Å². The molecule has 0 saturated heterocycles. The second-order valence-corrected chi connectivity index (χ2v) is 4.49. The molecule has 0 spiro atoms. The summed E-state index contributed by atoms with van der Waals surface area (Å²) in [5, 5.41) is 0. The summed E-state index contributed by atoms with van der Waals surface area (Å²) in [6.07, 6.45) is 6.11. The first-order valence-electron chi connectivity index (χ1n) is 5.00. The number of aryl methyl sites for hydroxylation is 1. The Hall–Kier alpha value is -1.20. The Kier molecular flexibility index (Phi) is 3.36. The SMILES string of the molecule is Cn1ccnc1CC(N)c1ncccc1Br. The summed E-state index contributed by atoms with van der Waals surface area (Å²) in [6, 6.07) is 3.68. The molecule has 0 aromatic carbocycles. The third-order valence-electron chi connectivity index (χ3n) is 2.46. The van der Waals surface area contributed by atoms with E-state index in [9.17, 15) is 0 Å². The van der Waals surface area contributed by atoms with Gasteiger partial charge in [0, 0.05) is 36.5 Å². The number of aromatic nitrogens is 3. The lowest BCUT2D eigenvalue weighted by Crippen LogP contribution is -2.17. The van der Waals surface area contributed by atoms with Gasteiger partial charge >= 0.3 is 0 Å². The molecule has 2 rings (SSSR count). The standard InChI is InChI=1S/C11H13BrN4/c1-16-6-5-14-10(16)7-9(13)11-8(12)3-2-4-15-11/h2-6,9H,7,13H2,1H3. The van der Waals surface area contributed by atoms with E-state index in [2.05, 4.69) is 25.9 Å². The summed E-state index contributed by atoms with van der Waals surface area (Å²) in [5.41, 5.74) is 6.98. The second kappa shape index (κ2) is 4.76. The monoisotopic (exact) mass is 280 g/mol. The lowest BCUT2D eigenvalue weighted by atomic mass is 10.1. The maximum Gasteiger partial charge on any atom is 0.110 e. The first-order valence-corrected chi connectivity index (χ1v) is 5.80. The highest BCUT2D eigenvalue weighted by molar-refractivity contribution is 9.10. The van der Waals surface area contributed by atoms with Gasteiger partial charge in [-0.25, -0.2) is 4.98 Å². The number of hydrogen-bond donors (Lipinski definition) is 1. The molecule has 0 aliphatic carbocycles. The number of rotatable bonds is 3. The Morgan fingerprint density at radius 3 is 2.88 bits per heavy atom. The molecule has 0 fully saturated rings. The van der Waals surface area contributed by atoms with Crippen LogP contribution < -0.4 is 5.73 Å². The highest BCUT2D eigenvalue weighted by atomic mass is 79.9. The van der Waals surface area contributed by atoms with Crippen molar-refractivity contribution in [1.29, 1.82) is 0 Å². The highest BCUT2D eigenvalue weighted by Crippen LogP contribution is 2.21. The topological polar surface area (TPSA) is 56.7 Å². The fourth-order valence-corrected chi connectivity index (χ4v) is 2.11. The van der Waals surface area contributed by atoms with Gasteiger partial charge in [0.25, 0.3) is 0 Å². The molecule has 84 valence electrons. The average Bonchev–Trinajstić information content (AvgIpc) is 2.65. The van der Waals surface area contributed by atoms with E-state index >= 15 is 0 Å². The summed E-state index contributed by atoms with van der Waals surface area (Å²) in [4.78, 5) is 8.53. The minimum atomic E-state index is -0.142. The smallest absolute Gasteiger partial charge is 0.110 e. The van der Waals surface area contributed by atoms with Gasteiger partial charge in [0.05, 0.1) is 11.7 Å². The lowest BCUT2D eigenvalue weighted by Gasteiger charge is -2.12. The van der Waals surface area contributed by atoms with E-state index in [1.54, 1.807) is 12.4 Å². The van der Waals surface area contributed by atoms with Crippen LogP contribution in [0.5, 0.6) is 0 Å². The third-order valence-corrected chi connectivity index (χ3v) is 3.13. The second-order valence-electron chi connectivity index (χ2n) is 3.64. The van der Waals surface area contributed by atoms with E-state index in [0.29, 0.717) is 6.42 Å². The molecule has 5 heteroatoms. The van der Waals surface area contributed by atoms with Crippen LogP contribution in [0.15, 0.2) is 35.2 Å². The molecule has 2 N–H and O–H groups in total. The number of imidazole rings is 1. The van der Waals surface area contributed by atoms with E-state index < -0.39 is 0 Å².